The predicted molar refractivity (Wildman–Crippen MR) is 70.4 cm³/mol. The van der Waals surface area contributed by atoms with Crippen molar-refractivity contribution < 1.29 is 13.5 Å². The molecule has 1 heterocycles. The zero-order valence-corrected chi connectivity index (χ0v) is 11.2. The van der Waals surface area contributed by atoms with E-state index in [-0.39, 0.29) is 12.5 Å². The molecule has 1 aromatic heterocycles. The smallest absolute Gasteiger partial charge is 0.233 e. The van der Waals surface area contributed by atoms with E-state index in [4.69, 9.17) is 4.74 Å². The van der Waals surface area contributed by atoms with Crippen molar-refractivity contribution in [1.82, 2.24) is 15.5 Å². The van der Waals surface area contributed by atoms with Gasteiger partial charge in [0.15, 0.2) is 0 Å². The molecule has 0 radical (unpaired) electrons. The molecular formula is C14H15F2N3O. The molecule has 20 heavy (non-hydrogen) atoms. The molecule has 0 bridgehead atoms. The SMILES string of the molecule is CNC(Cc1cc(F)ccc1F)c1ccc(OC)nn1. The Bertz CT molecular complexity index is 575. The fourth-order valence-electron chi connectivity index (χ4n) is 1.90. The summed E-state index contributed by atoms with van der Waals surface area (Å²) in [6.07, 6.45) is 0.279. The van der Waals surface area contributed by atoms with Gasteiger partial charge in [0.05, 0.1) is 18.8 Å². The minimum absolute atomic E-state index is 0.260. The highest BCUT2D eigenvalue weighted by Crippen LogP contribution is 2.20. The highest BCUT2D eigenvalue weighted by Gasteiger charge is 2.15. The lowest BCUT2D eigenvalue weighted by molar-refractivity contribution is 0.389. The summed E-state index contributed by atoms with van der Waals surface area (Å²) in [5.41, 5.74) is 0.930. The maximum Gasteiger partial charge on any atom is 0.233 e. The van der Waals surface area contributed by atoms with Gasteiger partial charge in [0.1, 0.15) is 11.6 Å². The quantitative estimate of drug-likeness (QED) is 0.912. The zero-order chi connectivity index (χ0) is 14.5. The number of nitrogens with one attached hydrogen (secondary N) is 1. The van der Waals surface area contributed by atoms with E-state index >= 15 is 0 Å². The van der Waals surface area contributed by atoms with Gasteiger partial charge in [0.25, 0.3) is 0 Å². The summed E-state index contributed by atoms with van der Waals surface area (Å²) in [6, 6.07) is 6.57. The molecule has 1 atom stereocenters. The largest absolute Gasteiger partial charge is 0.480 e. The van der Waals surface area contributed by atoms with E-state index in [2.05, 4.69) is 15.5 Å². The van der Waals surface area contributed by atoms with Gasteiger partial charge < -0.3 is 10.1 Å². The molecule has 1 unspecified atom stereocenters. The third-order valence-electron chi connectivity index (χ3n) is 3.01. The van der Waals surface area contributed by atoms with Crippen molar-refractivity contribution in [3.8, 4) is 5.88 Å². The Kier molecular flexibility index (Phi) is 4.57. The molecule has 0 aliphatic carbocycles. The summed E-state index contributed by atoms with van der Waals surface area (Å²) in [5.74, 6) is -0.495. The van der Waals surface area contributed by atoms with Gasteiger partial charge in [-0.1, -0.05) is 0 Å². The van der Waals surface area contributed by atoms with Crippen LogP contribution in [0.4, 0.5) is 8.78 Å². The predicted octanol–water partition coefficient (Wildman–Crippen LogP) is 2.27. The second-order valence-corrected chi connectivity index (χ2v) is 4.28. The fraction of sp³-hybridized carbons (Fsp3) is 0.286. The van der Waals surface area contributed by atoms with Crippen LogP contribution in [0.2, 0.25) is 0 Å². The normalized spacial score (nSPS) is 12.2. The number of halogens is 2. The molecule has 0 saturated carbocycles. The molecular weight excluding hydrogens is 264 g/mol. The van der Waals surface area contributed by atoms with E-state index in [1.165, 1.54) is 13.2 Å². The molecule has 106 valence electrons. The molecule has 1 N–H and O–H groups in total. The van der Waals surface area contributed by atoms with Crippen LogP contribution in [0, 0.1) is 11.6 Å². The second kappa shape index (κ2) is 6.38. The lowest BCUT2D eigenvalue weighted by Gasteiger charge is -2.15. The van der Waals surface area contributed by atoms with Gasteiger partial charge >= 0.3 is 0 Å². The summed E-state index contributed by atoms with van der Waals surface area (Å²) in [6.45, 7) is 0. The van der Waals surface area contributed by atoms with Gasteiger partial charge in [0.2, 0.25) is 5.88 Å². The summed E-state index contributed by atoms with van der Waals surface area (Å²) in [4.78, 5) is 0. The number of rotatable bonds is 5. The lowest BCUT2D eigenvalue weighted by atomic mass is 10.0. The average molecular weight is 279 g/mol. The number of likely N-dealkylation sites (N-methyl/N-ethyl adjacent to an activating group) is 1. The van der Waals surface area contributed by atoms with Gasteiger partial charge in [-0.05, 0) is 43.3 Å². The summed E-state index contributed by atoms with van der Waals surface area (Å²) in [7, 11) is 3.23. The van der Waals surface area contributed by atoms with Crippen LogP contribution in [-0.4, -0.2) is 24.4 Å². The molecule has 4 nitrogen and oxygen atoms in total. The minimum Gasteiger partial charge on any atom is -0.480 e. The zero-order valence-electron chi connectivity index (χ0n) is 11.2. The van der Waals surface area contributed by atoms with E-state index in [9.17, 15) is 8.78 Å². The van der Waals surface area contributed by atoms with Crippen molar-refractivity contribution in [2.45, 2.75) is 12.5 Å². The van der Waals surface area contributed by atoms with E-state index in [0.29, 0.717) is 17.1 Å². The molecule has 0 saturated heterocycles. The Morgan fingerprint density at radius 2 is 2.00 bits per heavy atom. The van der Waals surface area contributed by atoms with Crippen molar-refractivity contribution in [2.75, 3.05) is 14.2 Å². The third-order valence-corrected chi connectivity index (χ3v) is 3.01. The van der Waals surface area contributed by atoms with Gasteiger partial charge in [-0.25, -0.2) is 8.78 Å². The van der Waals surface area contributed by atoms with Crippen LogP contribution in [0.3, 0.4) is 0 Å². The van der Waals surface area contributed by atoms with Crippen LogP contribution < -0.4 is 10.1 Å². The Labute approximate surface area is 115 Å². The molecule has 2 rings (SSSR count). The number of ether oxygens (including phenoxy) is 1. The van der Waals surface area contributed by atoms with Crippen LogP contribution in [0.15, 0.2) is 30.3 Å². The molecule has 1 aromatic carbocycles. The van der Waals surface area contributed by atoms with Crippen LogP contribution in [0.25, 0.3) is 0 Å². The minimum atomic E-state index is -0.461. The van der Waals surface area contributed by atoms with Crippen LogP contribution in [0.1, 0.15) is 17.3 Å². The summed E-state index contributed by atoms with van der Waals surface area (Å²) >= 11 is 0. The third kappa shape index (κ3) is 3.27. The Morgan fingerprint density at radius 1 is 1.20 bits per heavy atom. The number of nitrogens with zero attached hydrogens (tertiary/aromatic N) is 2. The highest BCUT2D eigenvalue weighted by atomic mass is 19.1. The van der Waals surface area contributed by atoms with Crippen molar-refractivity contribution in [2.24, 2.45) is 0 Å². The first-order valence-corrected chi connectivity index (χ1v) is 6.13. The first-order valence-electron chi connectivity index (χ1n) is 6.13. The van der Waals surface area contributed by atoms with Crippen LogP contribution in [-0.2, 0) is 6.42 Å². The Morgan fingerprint density at radius 3 is 2.60 bits per heavy atom. The fourth-order valence-corrected chi connectivity index (χ4v) is 1.90. The van der Waals surface area contributed by atoms with E-state index in [0.717, 1.165) is 12.1 Å². The standard InChI is InChI=1S/C14H15F2N3O/c1-17-13(12-5-6-14(20-2)19-18-12)8-9-7-10(15)3-4-11(9)16/h3-7,13,17H,8H2,1-2H3. The van der Waals surface area contributed by atoms with Crippen molar-refractivity contribution in [3.05, 3.63) is 53.2 Å². The highest BCUT2D eigenvalue weighted by molar-refractivity contribution is 5.22. The van der Waals surface area contributed by atoms with Gasteiger partial charge in [-0.15, -0.1) is 5.10 Å². The average Bonchev–Trinajstić information content (AvgIpc) is 2.48. The molecule has 2 aromatic rings. The summed E-state index contributed by atoms with van der Waals surface area (Å²) < 4.78 is 31.8. The Balaban J connectivity index is 2.21. The Hall–Kier alpha value is -2.08. The molecule has 0 spiro atoms. The van der Waals surface area contributed by atoms with Crippen molar-refractivity contribution >= 4 is 0 Å². The first kappa shape index (κ1) is 14.3. The number of hydrogen-bond acceptors (Lipinski definition) is 4. The van der Waals surface area contributed by atoms with E-state index < -0.39 is 11.6 Å². The first-order chi connectivity index (χ1) is 9.63. The lowest BCUT2D eigenvalue weighted by Crippen LogP contribution is -2.21. The second-order valence-electron chi connectivity index (χ2n) is 4.28. The topological polar surface area (TPSA) is 47.0 Å². The van der Waals surface area contributed by atoms with Gasteiger partial charge in [-0.3, -0.25) is 0 Å². The number of methoxy groups -OCH3 is 1. The van der Waals surface area contributed by atoms with Gasteiger partial charge in [0, 0.05) is 6.07 Å². The van der Waals surface area contributed by atoms with Crippen molar-refractivity contribution in [1.29, 1.82) is 0 Å². The van der Waals surface area contributed by atoms with Crippen molar-refractivity contribution in [3.63, 3.8) is 0 Å². The monoisotopic (exact) mass is 279 g/mol. The van der Waals surface area contributed by atoms with Crippen LogP contribution >= 0.6 is 0 Å². The molecule has 0 amide bonds. The molecule has 6 heteroatoms. The number of hydrogen-bond donors (Lipinski definition) is 1. The summed E-state index contributed by atoms with van der Waals surface area (Å²) in [5, 5.41) is 10.9. The number of benzene rings is 1. The number of aromatic nitrogens is 2. The molecule has 0 fully saturated rings. The maximum absolute atomic E-state index is 13.7. The van der Waals surface area contributed by atoms with Crippen LogP contribution in [0.5, 0.6) is 5.88 Å². The van der Waals surface area contributed by atoms with E-state index in [1.807, 2.05) is 0 Å². The van der Waals surface area contributed by atoms with E-state index in [1.54, 1.807) is 19.2 Å². The molecule has 0 aliphatic rings. The van der Waals surface area contributed by atoms with Gasteiger partial charge in [-0.2, -0.15) is 5.10 Å². The molecule has 0 aliphatic heterocycles. The maximum atomic E-state index is 13.7.